The van der Waals surface area contributed by atoms with E-state index in [1.807, 2.05) is 12.1 Å². The molecule has 0 spiro atoms. The predicted molar refractivity (Wildman–Crippen MR) is 84.9 cm³/mol. The lowest BCUT2D eigenvalue weighted by Gasteiger charge is -2.20. The van der Waals surface area contributed by atoms with Crippen molar-refractivity contribution >= 4 is 5.97 Å². The van der Waals surface area contributed by atoms with E-state index in [-0.39, 0.29) is 12.0 Å². The highest BCUT2D eigenvalue weighted by molar-refractivity contribution is 5.70. The number of ether oxygens (including phenoxy) is 2. The molecule has 4 nitrogen and oxygen atoms in total. The summed E-state index contributed by atoms with van der Waals surface area (Å²) in [5.41, 5.74) is 3.66. The molecular weight excluding hydrogens is 266 g/mol. The van der Waals surface area contributed by atoms with Gasteiger partial charge in [-0.25, -0.2) is 0 Å². The molecule has 0 heterocycles. The third-order valence-corrected chi connectivity index (χ3v) is 3.68. The second kappa shape index (κ2) is 8.67. The van der Waals surface area contributed by atoms with Crippen LogP contribution in [-0.4, -0.2) is 32.8 Å². The Morgan fingerprint density at radius 2 is 1.86 bits per heavy atom. The number of rotatable bonds is 8. The van der Waals surface area contributed by atoms with Gasteiger partial charge < -0.3 is 14.8 Å². The minimum Gasteiger partial charge on any atom is -0.497 e. The van der Waals surface area contributed by atoms with Crippen LogP contribution >= 0.6 is 0 Å². The lowest BCUT2D eigenvalue weighted by Crippen LogP contribution is -2.34. The Kier molecular flexibility index (Phi) is 7.23. The lowest BCUT2D eigenvalue weighted by atomic mass is 9.94. The van der Waals surface area contributed by atoms with Gasteiger partial charge in [-0.1, -0.05) is 6.92 Å². The van der Waals surface area contributed by atoms with Crippen molar-refractivity contribution in [1.29, 1.82) is 0 Å². The average Bonchev–Trinajstić information content (AvgIpc) is 2.47. The van der Waals surface area contributed by atoms with E-state index in [1.165, 1.54) is 23.8 Å². The largest absolute Gasteiger partial charge is 0.497 e. The molecule has 0 fully saturated rings. The van der Waals surface area contributed by atoms with E-state index in [9.17, 15) is 4.79 Å². The monoisotopic (exact) mass is 293 g/mol. The van der Waals surface area contributed by atoms with Crippen LogP contribution in [0.3, 0.4) is 0 Å². The number of hydrogen-bond acceptors (Lipinski definition) is 4. The number of methoxy groups -OCH3 is 2. The fourth-order valence-corrected chi connectivity index (χ4v) is 2.49. The number of benzene rings is 1. The molecule has 1 aromatic carbocycles. The molecule has 1 aromatic rings. The molecule has 0 aliphatic carbocycles. The topological polar surface area (TPSA) is 47.6 Å². The van der Waals surface area contributed by atoms with Crippen molar-refractivity contribution in [3.05, 3.63) is 28.8 Å². The number of aryl methyl sites for hydroxylation is 2. The Morgan fingerprint density at radius 3 is 2.33 bits per heavy atom. The zero-order valence-electron chi connectivity index (χ0n) is 13.8. The van der Waals surface area contributed by atoms with Gasteiger partial charge in [0, 0.05) is 6.04 Å². The quantitative estimate of drug-likeness (QED) is 0.749. The third-order valence-electron chi connectivity index (χ3n) is 3.68. The number of nitrogens with one attached hydrogen (secondary N) is 1. The van der Waals surface area contributed by atoms with E-state index in [2.05, 4.69) is 26.1 Å². The van der Waals surface area contributed by atoms with Gasteiger partial charge in [0.1, 0.15) is 5.75 Å². The van der Waals surface area contributed by atoms with Crippen molar-refractivity contribution < 1.29 is 14.3 Å². The molecule has 1 unspecified atom stereocenters. The highest BCUT2D eigenvalue weighted by atomic mass is 16.5. The van der Waals surface area contributed by atoms with Gasteiger partial charge in [-0.2, -0.15) is 0 Å². The summed E-state index contributed by atoms with van der Waals surface area (Å²) in [5, 5.41) is 3.43. The standard InChI is InChI=1S/C17H27NO3/c1-6-7-18-14(11-17(19)21-5)10-16-12(2)8-15(20-4)9-13(16)3/h8-9,14,18H,6-7,10-11H2,1-5H3. The van der Waals surface area contributed by atoms with Crippen molar-refractivity contribution in [3.63, 3.8) is 0 Å². The molecule has 0 aliphatic heterocycles. The van der Waals surface area contributed by atoms with Crippen LogP contribution in [0.25, 0.3) is 0 Å². The summed E-state index contributed by atoms with van der Waals surface area (Å²) in [6.07, 6.45) is 2.25. The minimum atomic E-state index is -0.174. The van der Waals surface area contributed by atoms with Gasteiger partial charge in [-0.3, -0.25) is 4.79 Å². The van der Waals surface area contributed by atoms with E-state index in [0.29, 0.717) is 6.42 Å². The van der Waals surface area contributed by atoms with E-state index in [0.717, 1.165) is 25.1 Å². The molecule has 1 atom stereocenters. The number of hydrogen-bond donors (Lipinski definition) is 1. The van der Waals surface area contributed by atoms with Gasteiger partial charge >= 0.3 is 5.97 Å². The fraction of sp³-hybridized carbons (Fsp3) is 0.588. The second-order valence-corrected chi connectivity index (χ2v) is 5.38. The first kappa shape index (κ1) is 17.5. The van der Waals surface area contributed by atoms with Gasteiger partial charge in [-0.15, -0.1) is 0 Å². The summed E-state index contributed by atoms with van der Waals surface area (Å²) < 4.78 is 10.1. The SMILES string of the molecule is CCCNC(CC(=O)OC)Cc1c(C)cc(OC)cc1C. The molecule has 0 bridgehead atoms. The normalized spacial score (nSPS) is 12.0. The Labute approximate surface area is 127 Å². The van der Waals surface area contributed by atoms with Gasteiger partial charge in [0.15, 0.2) is 0 Å². The van der Waals surface area contributed by atoms with Gasteiger partial charge in [0.25, 0.3) is 0 Å². The van der Waals surface area contributed by atoms with Gasteiger partial charge in [0.2, 0.25) is 0 Å². The summed E-state index contributed by atoms with van der Waals surface area (Å²) in [7, 11) is 3.11. The molecule has 1 rings (SSSR count). The van der Waals surface area contributed by atoms with Crippen LogP contribution in [0, 0.1) is 13.8 Å². The number of carbonyl (C=O) groups excluding carboxylic acids is 1. The molecule has 118 valence electrons. The van der Waals surface area contributed by atoms with Crippen molar-refractivity contribution in [1.82, 2.24) is 5.32 Å². The zero-order valence-corrected chi connectivity index (χ0v) is 13.8. The van der Waals surface area contributed by atoms with Crippen molar-refractivity contribution in [2.75, 3.05) is 20.8 Å². The summed E-state index contributed by atoms with van der Waals surface area (Å²) >= 11 is 0. The Bertz CT molecular complexity index is 448. The summed E-state index contributed by atoms with van der Waals surface area (Å²) in [6.45, 7) is 7.18. The van der Waals surface area contributed by atoms with E-state index in [1.54, 1.807) is 7.11 Å². The highest BCUT2D eigenvalue weighted by Crippen LogP contribution is 2.23. The Hall–Kier alpha value is -1.55. The van der Waals surface area contributed by atoms with Crippen LogP contribution < -0.4 is 10.1 Å². The first-order valence-corrected chi connectivity index (χ1v) is 7.46. The molecule has 4 heteroatoms. The molecule has 0 aliphatic rings. The van der Waals surface area contributed by atoms with E-state index >= 15 is 0 Å². The zero-order chi connectivity index (χ0) is 15.8. The van der Waals surface area contributed by atoms with Gasteiger partial charge in [-0.05, 0) is 62.1 Å². The predicted octanol–water partition coefficient (Wildman–Crippen LogP) is 2.79. The molecule has 1 N–H and O–H groups in total. The van der Waals surface area contributed by atoms with Crippen molar-refractivity contribution in [3.8, 4) is 5.75 Å². The maximum Gasteiger partial charge on any atom is 0.307 e. The lowest BCUT2D eigenvalue weighted by molar-refractivity contribution is -0.141. The second-order valence-electron chi connectivity index (χ2n) is 5.38. The van der Waals surface area contributed by atoms with Gasteiger partial charge in [0.05, 0.1) is 20.6 Å². The maximum atomic E-state index is 11.6. The first-order valence-electron chi connectivity index (χ1n) is 7.46. The van der Waals surface area contributed by atoms with Crippen LogP contribution in [-0.2, 0) is 16.0 Å². The molecule has 0 radical (unpaired) electrons. The third kappa shape index (κ3) is 5.38. The molecule has 0 amide bonds. The Balaban J connectivity index is 2.89. The molecule has 0 aromatic heterocycles. The van der Waals surface area contributed by atoms with Crippen LogP contribution in [0.1, 0.15) is 36.5 Å². The first-order chi connectivity index (χ1) is 10.0. The van der Waals surface area contributed by atoms with Crippen molar-refractivity contribution in [2.45, 2.75) is 46.1 Å². The summed E-state index contributed by atoms with van der Waals surface area (Å²) in [5.74, 6) is 0.701. The smallest absolute Gasteiger partial charge is 0.307 e. The number of esters is 1. The average molecular weight is 293 g/mol. The van der Waals surface area contributed by atoms with Crippen molar-refractivity contribution in [2.24, 2.45) is 0 Å². The molecule has 21 heavy (non-hydrogen) atoms. The molecule has 0 saturated carbocycles. The van der Waals surface area contributed by atoms with Crippen LogP contribution in [0.2, 0.25) is 0 Å². The summed E-state index contributed by atoms with van der Waals surface area (Å²) in [4.78, 5) is 11.6. The maximum absolute atomic E-state index is 11.6. The van der Waals surface area contributed by atoms with Crippen LogP contribution in [0.15, 0.2) is 12.1 Å². The number of carbonyl (C=O) groups is 1. The van der Waals surface area contributed by atoms with E-state index < -0.39 is 0 Å². The molecule has 0 saturated heterocycles. The van der Waals surface area contributed by atoms with Crippen LogP contribution in [0.4, 0.5) is 0 Å². The van der Waals surface area contributed by atoms with E-state index in [4.69, 9.17) is 9.47 Å². The van der Waals surface area contributed by atoms with Crippen LogP contribution in [0.5, 0.6) is 5.75 Å². The summed E-state index contributed by atoms with van der Waals surface area (Å²) in [6, 6.07) is 4.18. The minimum absolute atomic E-state index is 0.100. The molecular formula is C17H27NO3. The Morgan fingerprint density at radius 1 is 1.24 bits per heavy atom. The highest BCUT2D eigenvalue weighted by Gasteiger charge is 2.17. The fourth-order valence-electron chi connectivity index (χ4n) is 2.49.